The maximum atomic E-state index is 12.2. The number of hydrogen-bond donors (Lipinski definition) is 2. The van der Waals surface area contributed by atoms with Crippen LogP contribution in [0.25, 0.3) is 0 Å². The van der Waals surface area contributed by atoms with Gasteiger partial charge in [-0.05, 0) is 19.4 Å². The monoisotopic (exact) mass is 307 g/mol. The van der Waals surface area contributed by atoms with Gasteiger partial charge in [-0.25, -0.2) is 4.79 Å². The van der Waals surface area contributed by atoms with Crippen molar-refractivity contribution in [2.24, 2.45) is 0 Å². The van der Waals surface area contributed by atoms with Crippen molar-refractivity contribution in [2.75, 3.05) is 26.8 Å². The summed E-state index contributed by atoms with van der Waals surface area (Å²) in [5.41, 5.74) is 1.07. The van der Waals surface area contributed by atoms with Crippen LogP contribution in [-0.2, 0) is 16.1 Å². The minimum Gasteiger partial charge on any atom is -0.383 e. The largest absolute Gasteiger partial charge is 0.383 e. The first-order chi connectivity index (χ1) is 10.6. The number of rotatable bonds is 8. The van der Waals surface area contributed by atoms with Crippen molar-refractivity contribution in [3.8, 4) is 0 Å². The van der Waals surface area contributed by atoms with Gasteiger partial charge in [0.1, 0.15) is 0 Å². The van der Waals surface area contributed by atoms with Crippen molar-refractivity contribution < 1.29 is 14.3 Å². The van der Waals surface area contributed by atoms with Crippen LogP contribution < -0.4 is 10.6 Å². The molecular formula is C16H25N3O3. The van der Waals surface area contributed by atoms with Crippen LogP contribution >= 0.6 is 0 Å². The molecule has 0 aliphatic heterocycles. The molecule has 1 aromatic carbocycles. The molecule has 0 spiro atoms. The molecule has 1 rings (SSSR count). The van der Waals surface area contributed by atoms with Gasteiger partial charge in [-0.3, -0.25) is 4.79 Å². The van der Waals surface area contributed by atoms with E-state index in [1.54, 1.807) is 12.0 Å². The third-order valence-corrected chi connectivity index (χ3v) is 3.15. The topological polar surface area (TPSA) is 70.7 Å². The highest BCUT2D eigenvalue weighted by atomic mass is 16.5. The van der Waals surface area contributed by atoms with Gasteiger partial charge in [0.2, 0.25) is 5.91 Å². The maximum absolute atomic E-state index is 12.2. The molecular weight excluding hydrogens is 282 g/mol. The highest BCUT2D eigenvalue weighted by Crippen LogP contribution is 2.04. The fourth-order valence-electron chi connectivity index (χ4n) is 2.01. The predicted molar refractivity (Wildman–Crippen MR) is 85.4 cm³/mol. The fourth-order valence-corrected chi connectivity index (χ4v) is 2.01. The van der Waals surface area contributed by atoms with Crippen molar-refractivity contribution in [3.05, 3.63) is 35.9 Å². The lowest BCUT2D eigenvalue weighted by molar-refractivity contribution is -0.130. The SMILES string of the molecule is CCN(Cc1ccccc1)C(=O)CNC(=O)NC(C)COC. The summed E-state index contributed by atoms with van der Waals surface area (Å²) in [6.45, 7) is 5.29. The molecule has 0 aromatic heterocycles. The van der Waals surface area contributed by atoms with Crippen LogP contribution in [0.3, 0.4) is 0 Å². The van der Waals surface area contributed by atoms with Gasteiger partial charge in [-0.15, -0.1) is 0 Å². The van der Waals surface area contributed by atoms with Gasteiger partial charge in [0.15, 0.2) is 0 Å². The minimum atomic E-state index is -0.367. The van der Waals surface area contributed by atoms with Crippen molar-refractivity contribution in [1.82, 2.24) is 15.5 Å². The van der Waals surface area contributed by atoms with Crippen LogP contribution in [0.2, 0.25) is 0 Å². The van der Waals surface area contributed by atoms with E-state index in [0.29, 0.717) is 19.7 Å². The van der Waals surface area contributed by atoms with Crippen LogP contribution in [0.15, 0.2) is 30.3 Å². The van der Waals surface area contributed by atoms with Crippen molar-refractivity contribution >= 4 is 11.9 Å². The molecule has 1 unspecified atom stereocenters. The molecule has 0 bridgehead atoms. The van der Waals surface area contributed by atoms with E-state index in [1.807, 2.05) is 44.2 Å². The summed E-state index contributed by atoms with van der Waals surface area (Å²) in [5, 5.41) is 5.27. The minimum absolute atomic E-state index is 0.0216. The molecule has 122 valence electrons. The molecule has 1 atom stereocenters. The summed E-state index contributed by atoms with van der Waals surface area (Å²) in [7, 11) is 1.57. The number of methoxy groups -OCH3 is 1. The molecule has 2 N–H and O–H groups in total. The number of nitrogens with one attached hydrogen (secondary N) is 2. The molecule has 0 radical (unpaired) electrons. The van der Waals surface area contributed by atoms with Crippen molar-refractivity contribution in [1.29, 1.82) is 0 Å². The summed E-state index contributed by atoms with van der Waals surface area (Å²) >= 11 is 0. The van der Waals surface area contributed by atoms with Gasteiger partial charge >= 0.3 is 6.03 Å². The Labute approximate surface area is 131 Å². The molecule has 0 fully saturated rings. The molecule has 22 heavy (non-hydrogen) atoms. The average molecular weight is 307 g/mol. The van der Waals surface area contributed by atoms with Gasteiger partial charge in [0, 0.05) is 20.2 Å². The Hall–Kier alpha value is -2.08. The lowest BCUT2D eigenvalue weighted by Gasteiger charge is -2.21. The van der Waals surface area contributed by atoms with Gasteiger partial charge < -0.3 is 20.3 Å². The molecule has 0 saturated carbocycles. The van der Waals surface area contributed by atoms with Crippen molar-refractivity contribution in [3.63, 3.8) is 0 Å². The van der Waals surface area contributed by atoms with E-state index >= 15 is 0 Å². The van der Waals surface area contributed by atoms with Gasteiger partial charge in [-0.1, -0.05) is 30.3 Å². The molecule has 0 heterocycles. The van der Waals surface area contributed by atoms with Gasteiger partial charge in [0.05, 0.1) is 19.2 Å². The Morgan fingerprint density at radius 2 is 1.95 bits per heavy atom. The molecule has 1 aromatic rings. The second kappa shape index (κ2) is 9.78. The zero-order valence-corrected chi connectivity index (χ0v) is 13.5. The van der Waals surface area contributed by atoms with Gasteiger partial charge in [0.25, 0.3) is 0 Å². The number of ether oxygens (including phenoxy) is 1. The first kappa shape index (κ1) is 18.0. The first-order valence-corrected chi connectivity index (χ1v) is 7.41. The predicted octanol–water partition coefficient (Wildman–Crippen LogP) is 1.37. The maximum Gasteiger partial charge on any atom is 0.315 e. The number of carbonyl (C=O) groups excluding carboxylic acids is 2. The Morgan fingerprint density at radius 1 is 1.27 bits per heavy atom. The summed E-state index contributed by atoms with van der Waals surface area (Å²) in [5.74, 6) is -0.110. The Kier molecular flexibility index (Phi) is 7.99. The standard InChI is InChI=1S/C16H25N3O3/c1-4-19(11-14-8-6-5-7-9-14)15(20)10-17-16(21)18-13(2)12-22-3/h5-9,13H,4,10-12H2,1-3H3,(H2,17,18,21). The van der Waals surface area contributed by atoms with Crippen molar-refractivity contribution in [2.45, 2.75) is 26.4 Å². The Balaban J connectivity index is 2.40. The van der Waals surface area contributed by atoms with E-state index in [4.69, 9.17) is 4.74 Å². The summed E-state index contributed by atoms with van der Waals surface area (Å²) in [4.78, 5) is 25.5. The number of benzene rings is 1. The number of urea groups is 1. The van der Waals surface area contributed by atoms with E-state index in [0.717, 1.165) is 5.56 Å². The Bertz CT molecular complexity index is 465. The lowest BCUT2D eigenvalue weighted by atomic mass is 10.2. The molecule has 0 saturated heterocycles. The molecule has 6 heteroatoms. The van der Waals surface area contributed by atoms with Crippen LogP contribution in [0.4, 0.5) is 4.79 Å². The summed E-state index contributed by atoms with van der Waals surface area (Å²) in [6, 6.07) is 9.30. The van der Waals surface area contributed by atoms with E-state index in [2.05, 4.69) is 10.6 Å². The fraction of sp³-hybridized carbons (Fsp3) is 0.500. The second-order valence-corrected chi connectivity index (χ2v) is 5.08. The number of amides is 3. The number of likely N-dealkylation sites (N-methyl/N-ethyl adjacent to an activating group) is 1. The van der Waals surface area contributed by atoms with Crippen LogP contribution in [0.1, 0.15) is 19.4 Å². The highest BCUT2D eigenvalue weighted by molar-refractivity contribution is 5.84. The van der Waals surface area contributed by atoms with Crippen LogP contribution in [0, 0.1) is 0 Å². The van der Waals surface area contributed by atoms with E-state index in [9.17, 15) is 9.59 Å². The third kappa shape index (κ3) is 6.58. The van der Waals surface area contributed by atoms with E-state index < -0.39 is 0 Å². The van der Waals surface area contributed by atoms with Crippen LogP contribution in [-0.4, -0.2) is 49.7 Å². The van der Waals surface area contributed by atoms with Crippen LogP contribution in [0.5, 0.6) is 0 Å². The third-order valence-electron chi connectivity index (χ3n) is 3.15. The number of nitrogens with zero attached hydrogens (tertiary/aromatic N) is 1. The smallest absolute Gasteiger partial charge is 0.315 e. The number of carbonyl (C=O) groups is 2. The van der Waals surface area contributed by atoms with E-state index in [-0.39, 0.29) is 24.5 Å². The normalized spacial score (nSPS) is 11.6. The second-order valence-electron chi connectivity index (χ2n) is 5.08. The molecule has 6 nitrogen and oxygen atoms in total. The highest BCUT2D eigenvalue weighted by Gasteiger charge is 2.14. The summed E-state index contributed by atoms with van der Waals surface area (Å²) < 4.78 is 4.93. The zero-order chi connectivity index (χ0) is 16.4. The average Bonchev–Trinajstić information content (AvgIpc) is 2.51. The molecule has 0 aliphatic carbocycles. The Morgan fingerprint density at radius 3 is 2.55 bits per heavy atom. The molecule has 0 aliphatic rings. The quantitative estimate of drug-likeness (QED) is 0.762. The molecule has 3 amide bonds. The zero-order valence-electron chi connectivity index (χ0n) is 13.5. The van der Waals surface area contributed by atoms with Gasteiger partial charge in [-0.2, -0.15) is 0 Å². The first-order valence-electron chi connectivity index (χ1n) is 7.41. The van der Waals surface area contributed by atoms with E-state index in [1.165, 1.54) is 0 Å². The lowest BCUT2D eigenvalue weighted by Crippen LogP contribution is -2.46. The summed E-state index contributed by atoms with van der Waals surface area (Å²) in [6.07, 6.45) is 0. The number of hydrogen-bond acceptors (Lipinski definition) is 3.